The molecule has 54 valence electrons. The van der Waals surface area contributed by atoms with Gasteiger partial charge in [-0.15, -0.1) is 0 Å². The summed E-state index contributed by atoms with van der Waals surface area (Å²) < 4.78 is 11.2. The summed E-state index contributed by atoms with van der Waals surface area (Å²) in [5, 5.41) is 2.31. The summed E-state index contributed by atoms with van der Waals surface area (Å²) in [7, 11) is 0. The topological polar surface area (TPSA) is 41.1 Å². The zero-order valence-corrected chi connectivity index (χ0v) is 5.41. The number of amides is 2. The van der Waals surface area contributed by atoms with Crippen molar-refractivity contribution in [3.8, 4) is 0 Å². The van der Waals surface area contributed by atoms with Gasteiger partial charge in [-0.05, 0) is 6.42 Å². The lowest BCUT2D eigenvalue weighted by Gasteiger charge is -1.98. The molecule has 0 aromatic heterocycles. The third-order valence-electron chi connectivity index (χ3n) is 0.902. The second-order valence-electron chi connectivity index (χ2n) is 1.70. The molecule has 0 radical (unpaired) electrons. The highest BCUT2D eigenvalue weighted by Gasteiger charge is 1.93. The third kappa shape index (κ3) is 5.06. The number of carbonyl (C=O) groups excluding carboxylic acids is 1. The van der Waals surface area contributed by atoms with Gasteiger partial charge >= 0.3 is 6.03 Å². The minimum absolute atomic E-state index is 0.534. The van der Waals surface area contributed by atoms with Gasteiger partial charge in [-0.25, -0.2) is 4.79 Å². The van der Waals surface area contributed by atoms with Crippen LogP contribution in [-0.2, 0) is 0 Å². The fourth-order valence-corrected chi connectivity index (χ4v) is 0.412. The van der Waals surface area contributed by atoms with Gasteiger partial charge in [0.15, 0.2) is 0 Å². The van der Waals surface area contributed by atoms with Crippen LogP contribution < -0.4 is 10.9 Å². The zero-order chi connectivity index (χ0) is 7.11. The van der Waals surface area contributed by atoms with Crippen molar-refractivity contribution in [3.63, 3.8) is 0 Å². The molecule has 0 saturated heterocycles. The van der Waals surface area contributed by atoms with Crippen LogP contribution in [0.5, 0.6) is 0 Å². The summed E-state index contributed by atoms with van der Waals surface area (Å²) in [4.78, 5) is 10.1. The largest absolute Gasteiger partial charge is 0.342 e. The van der Waals surface area contributed by atoms with Crippen LogP contribution in [0.1, 0.15) is 19.8 Å². The van der Waals surface area contributed by atoms with Crippen LogP contribution in [0.4, 0.5) is 9.28 Å². The van der Waals surface area contributed by atoms with Gasteiger partial charge in [0.1, 0.15) is 0 Å². The number of hydrogen-bond acceptors (Lipinski definition) is 1. The second-order valence-corrected chi connectivity index (χ2v) is 1.70. The predicted octanol–water partition coefficient (Wildman–Crippen LogP) is 0.970. The summed E-state index contributed by atoms with van der Waals surface area (Å²) in [5.41, 5.74) is 0.974. The van der Waals surface area contributed by atoms with E-state index in [1.807, 2.05) is 6.92 Å². The van der Waals surface area contributed by atoms with Crippen molar-refractivity contribution >= 4 is 6.03 Å². The van der Waals surface area contributed by atoms with E-state index in [2.05, 4.69) is 5.32 Å². The molecule has 0 aliphatic heterocycles. The quantitative estimate of drug-likeness (QED) is 0.438. The molecule has 0 aromatic rings. The number of rotatable bonds is 3. The summed E-state index contributed by atoms with van der Waals surface area (Å²) in [6, 6.07) is -0.761. The van der Waals surface area contributed by atoms with E-state index in [9.17, 15) is 9.28 Å². The van der Waals surface area contributed by atoms with Crippen LogP contribution >= 0.6 is 0 Å². The Morgan fingerprint density at radius 1 is 1.67 bits per heavy atom. The second kappa shape index (κ2) is 5.34. The molecule has 0 aromatic carbocycles. The Morgan fingerprint density at radius 3 is 2.78 bits per heavy atom. The van der Waals surface area contributed by atoms with Crippen LogP contribution in [0.3, 0.4) is 0 Å². The van der Waals surface area contributed by atoms with Gasteiger partial charge in [-0.1, -0.05) is 17.8 Å². The highest BCUT2D eigenvalue weighted by Crippen LogP contribution is 1.81. The van der Waals surface area contributed by atoms with Gasteiger partial charge in [0, 0.05) is 6.54 Å². The van der Waals surface area contributed by atoms with E-state index in [4.69, 9.17) is 0 Å². The maximum Gasteiger partial charge on any atom is 0.342 e. The first-order valence-electron chi connectivity index (χ1n) is 2.95. The fraction of sp³-hybridized carbons (Fsp3) is 0.800. The molecule has 0 heterocycles. The SMILES string of the molecule is CCCCNC(=O)NF. The molecule has 0 aliphatic carbocycles. The third-order valence-corrected chi connectivity index (χ3v) is 0.902. The van der Waals surface area contributed by atoms with Gasteiger partial charge < -0.3 is 5.32 Å². The maximum absolute atomic E-state index is 11.2. The Hall–Kier alpha value is -0.800. The molecular weight excluding hydrogens is 123 g/mol. The number of nitrogens with one attached hydrogen (secondary N) is 2. The standard InChI is InChI=1S/C5H11FN2O/c1-2-3-4-7-5(9)8-6/h2-4H2,1H3,(H2,7,8,9). The van der Waals surface area contributed by atoms with Crippen molar-refractivity contribution in [3.05, 3.63) is 0 Å². The van der Waals surface area contributed by atoms with Crippen LogP contribution in [0, 0.1) is 0 Å². The Labute approximate surface area is 53.6 Å². The van der Waals surface area contributed by atoms with Crippen molar-refractivity contribution in [2.75, 3.05) is 6.54 Å². The van der Waals surface area contributed by atoms with E-state index in [0.29, 0.717) is 6.54 Å². The maximum atomic E-state index is 11.2. The fourth-order valence-electron chi connectivity index (χ4n) is 0.412. The van der Waals surface area contributed by atoms with Crippen molar-refractivity contribution in [2.45, 2.75) is 19.8 Å². The molecule has 0 fully saturated rings. The highest BCUT2D eigenvalue weighted by molar-refractivity contribution is 5.72. The van der Waals surface area contributed by atoms with Gasteiger partial charge in [-0.2, -0.15) is 5.54 Å². The Morgan fingerprint density at radius 2 is 2.33 bits per heavy atom. The summed E-state index contributed by atoms with van der Waals surface area (Å²) in [6.07, 6.45) is 1.87. The molecule has 4 heteroatoms. The van der Waals surface area contributed by atoms with E-state index in [-0.39, 0.29) is 0 Å². The normalized spacial score (nSPS) is 8.67. The molecule has 0 saturated carbocycles. The molecule has 0 bridgehead atoms. The monoisotopic (exact) mass is 134 g/mol. The minimum atomic E-state index is -0.761. The van der Waals surface area contributed by atoms with Crippen LogP contribution in [0.15, 0.2) is 0 Å². The number of carbonyl (C=O) groups is 1. The van der Waals surface area contributed by atoms with E-state index in [0.717, 1.165) is 18.4 Å². The molecule has 0 aliphatic rings. The summed E-state index contributed by atoms with van der Waals surface area (Å²) in [5.74, 6) is 0. The minimum Gasteiger partial charge on any atom is -0.336 e. The Kier molecular flexibility index (Phi) is 4.86. The summed E-state index contributed by atoms with van der Waals surface area (Å²) >= 11 is 0. The molecule has 0 unspecified atom stereocenters. The van der Waals surface area contributed by atoms with Crippen molar-refractivity contribution < 1.29 is 9.28 Å². The first-order chi connectivity index (χ1) is 4.31. The van der Waals surface area contributed by atoms with Crippen molar-refractivity contribution in [2.24, 2.45) is 0 Å². The molecule has 0 rings (SSSR count). The highest BCUT2D eigenvalue weighted by atomic mass is 19.2. The molecule has 0 spiro atoms. The predicted molar refractivity (Wildman–Crippen MR) is 32.6 cm³/mol. The van der Waals surface area contributed by atoms with Gasteiger partial charge in [-0.3, -0.25) is 0 Å². The first kappa shape index (κ1) is 8.20. The lowest BCUT2D eigenvalue weighted by molar-refractivity contribution is 0.217. The Bertz CT molecular complexity index is 87.0. The van der Waals surface area contributed by atoms with Crippen LogP contribution in [0.25, 0.3) is 0 Å². The number of urea groups is 1. The molecule has 2 N–H and O–H groups in total. The number of hydrogen-bond donors (Lipinski definition) is 2. The molecular formula is C5H11FN2O. The number of unbranched alkanes of at least 4 members (excludes halogenated alkanes) is 1. The van der Waals surface area contributed by atoms with Crippen molar-refractivity contribution in [1.29, 1.82) is 0 Å². The molecule has 0 atom stereocenters. The van der Waals surface area contributed by atoms with Crippen LogP contribution in [-0.4, -0.2) is 12.6 Å². The van der Waals surface area contributed by atoms with E-state index < -0.39 is 6.03 Å². The Balaban J connectivity index is 2.97. The lowest BCUT2D eigenvalue weighted by Crippen LogP contribution is -2.30. The zero-order valence-electron chi connectivity index (χ0n) is 5.41. The van der Waals surface area contributed by atoms with Crippen LogP contribution in [0.2, 0.25) is 0 Å². The lowest BCUT2D eigenvalue weighted by atomic mass is 10.3. The van der Waals surface area contributed by atoms with E-state index in [1.165, 1.54) is 0 Å². The van der Waals surface area contributed by atoms with Gasteiger partial charge in [0.25, 0.3) is 0 Å². The average Bonchev–Trinajstić information content (AvgIpc) is 1.89. The smallest absolute Gasteiger partial charge is 0.336 e. The van der Waals surface area contributed by atoms with E-state index >= 15 is 0 Å². The average molecular weight is 134 g/mol. The first-order valence-corrected chi connectivity index (χ1v) is 2.95. The molecule has 3 nitrogen and oxygen atoms in total. The molecule has 2 amide bonds. The molecule has 9 heavy (non-hydrogen) atoms. The van der Waals surface area contributed by atoms with Crippen molar-refractivity contribution in [1.82, 2.24) is 10.9 Å². The number of halogens is 1. The summed E-state index contributed by atoms with van der Waals surface area (Å²) in [6.45, 7) is 2.53. The van der Waals surface area contributed by atoms with Gasteiger partial charge in [0.2, 0.25) is 0 Å². The van der Waals surface area contributed by atoms with E-state index in [1.54, 1.807) is 0 Å². The van der Waals surface area contributed by atoms with Gasteiger partial charge in [0.05, 0.1) is 0 Å².